The number of aromatic nitrogens is 1. The highest BCUT2D eigenvalue weighted by Gasteiger charge is 2.41. The first-order valence-corrected chi connectivity index (χ1v) is 10.00. The summed E-state index contributed by atoms with van der Waals surface area (Å²) in [6.07, 6.45) is 1.69. The van der Waals surface area contributed by atoms with Crippen LogP contribution in [0, 0.1) is 0 Å². The monoisotopic (exact) mass is 466 g/mol. The normalized spacial score (nSPS) is 19.7. The van der Waals surface area contributed by atoms with Crippen molar-refractivity contribution >= 4 is 46.2 Å². The Morgan fingerprint density at radius 3 is 2.66 bits per heavy atom. The molecule has 3 rings (SSSR count). The van der Waals surface area contributed by atoms with Gasteiger partial charge in [-0.15, -0.1) is 0 Å². The zero-order valence-corrected chi connectivity index (χ0v) is 18.3. The number of nitrogens with zero attached hydrogens (tertiary/aromatic N) is 2. The van der Waals surface area contributed by atoms with E-state index >= 15 is 0 Å². The van der Waals surface area contributed by atoms with E-state index in [0.29, 0.717) is 21.5 Å². The van der Waals surface area contributed by atoms with E-state index in [9.17, 15) is 19.5 Å². The number of fused-ring (bicyclic) bond motifs is 1. The van der Waals surface area contributed by atoms with Crippen LogP contribution in [0.1, 0.15) is 19.4 Å². The fourth-order valence-corrected chi connectivity index (χ4v) is 3.48. The van der Waals surface area contributed by atoms with Crippen LogP contribution in [0.4, 0.5) is 0 Å². The number of aryl methyl sites for hydroxylation is 1. The maximum atomic E-state index is 12.8. The molecule has 11 nitrogen and oxygen atoms in total. The second kappa shape index (κ2) is 8.67. The Morgan fingerprint density at radius 2 is 2.03 bits per heavy atom. The topological polar surface area (TPSA) is 162 Å². The molecule has 0 bridgehead atoms. The second-order valence-electron chi connectivity index (χ2n) is 7.73. The zero-order valence-electron chi connectivity index (χ0n) is 17.5. The fraction of sp³-hybridized carbons (Fsp3) is 0.400. The number of hydrogen-bond donors (Lipinski definition) is 5. The van der Waals surface area contributed by atoms with Crippen molar-refractivity contribution in [1.82, 2.24) is 15.2 Å². The maximum Gasteiger partial charge on any atom is 0.328 e. The first-order valence-electron chi connectivity index (χ1n) is 9.62. The number of aliphatic hydroxyl groups excluding tert-OH is 1. The van der Waals surface area contributed by atoms with Gasteiger partial charge >= 0.3 is 5.97 Å². The van der Waals surface area contributed by atoms with Gasteiger partial charge in [0, 0.05) is 18.3 Å². The third-order valence-electron chi connectivity index (χ3n) is 5.13. The average molecular weight is 467 g/mol. The summed E-state index contributed by atoms with van der Waals surface area (Å²) in [5, 5.41) is 33.8. The van der Waals surface area contributed by atoms with E-state index in [0.717, 1.165) is 0 Å². The third-order valence-corrected chi connectivity index (χ3v) is 5.35. The summed E-state index contributed by atoms with van der Waals surface area (Å²) in [5.74, 6) is -2.70. The quantitative estimate of drug-likeness (QED) is 0.387. The van der Waals surface area contributed by atoms with E-state index in [2.05, 4.69) is 15.6 Å². The summed E-state index contributed by atoms with van der Waals surface area (Å²) in [4.78, 5) is 40.3. The van der Waals surface area contributed by atoms with Crippen LogP contribution in [0.15, 0.2) is 23.3 Å². The lowest BCUT2D eigenvalue weighted by molar-refractivity contribution is -0.143. The molecule has 0 spiro atoms. The van der Waals surface area contributed by atoms with Crippen LogP contribution in [0.25, 0.3) is 10.9 Å². The number of amides is 2. The molecule has 1 aromatic heterocycles. The van der Waals surface area contributed by atoms with Crippen LogP contribution in [0.3, 0.4) is 0 Å². The zero-order chi connectivity index (χ0) is 23.8. The van der Waals surface area contributed by atoms with E-state index in [-0.39, 0.29) is 18.3 Å². The van der Waals surface area contributed by atoms with Gasteiger partial charge in [-0.25, -0.2) is 9.79 Å². The van der Waals surface area contributed by atoms with Crippen molar-refractivity contribution < 1.29 is 34.4 Å². The number of ether oxygens (including phenoxy) is 1. The number of carboxylic acid groups (broad SMARTS) is 1. The Morgan fingerprint density at radius 1 is 1.34 bits per heavy atom. The van der Waals surface area contributed by atoms with Crippen molar-refractivity contribution in [2.75, 3.05) is 13.2 Å². The van der Waals surface area contributed by atoms with E-state index in [1.807, 2.05) is 0 Å². The summed E-state index contributed by atoms with van der Waals surface area (Å²) in [7, 11) is 1.76. The van der Waals surface area contributed by atoms with Crippen molar-refractivity contribution in [3.05, 3.63) is 28.9 Å². The number of carboxylic acids is 1. The standard InChI is InChI=1S/C20H23ClN4O7/c1-9(16(28)23-12(7-26)18(29)30)22-19(31)20(2)8-32-17(24-20)11-6-25(3)13-4-10(21)5-14(27)15(11)13/h4-6,9,12,26-27H,7-8H2,1-3H3,(H,22,31)(H,23,28)(H,29,30)/t9-,12+,20-/m1/s1. The molecule has 2 heterocycles. The minimum Gasteiger partial charge on any atom is -0.507 e. The van der Waals surface area contributed by atoms with Gasteiger partial charge in [-0.2, -0.15) is 0 Å². The SMILES string of the molecule is C[C@@H](NC(=O)[C@@]1(C)COC(c2cn(C)c3cc(Cl)cc(O)c23)=N1)C(=O)N[C@@H](CO)C(=O)O. The molecule has 2 amide bonds. The number of carbonyl (C=O) groups excluding carboxylic acids is 2. The molecule has 0 radical (unpaired) electrons. The van der Waals surface area contributed by atoms with E-state index in [1.54, 1.807) is 23.9 Å². The lowest BCUT2D eigenvalue weighted by atomic mass is 10.0. The number of benzene rings is 1. The van der Waals surface area contributed by atoms with Gasteiger partial charge in [0.2, 0.25) is 11.8 Å². The van der Waals surface area contributed by atoms with Crippen molar-refractivity contribution in [3.8, 4) is 5.75 Å². The highest BCUT2D eigenvalue weighted by molar-refractivity contribution is 6.31. The fourth-order valence-electron chi connectivity index (χ4n) is 3.27. The molecule has 1 aromatic carbocycles. The lowest BCUT2D eigenvalue weighted by Crippen LogP contribution is -2.55. The molecule has 0 unspecified atom stereocenters. The molecule has 3 atom stereocenters. The number of aromatic hydroxyl groups is 1. The van der Waals surface area contributed by atoms with Crippen LogP contribution in [-0.4, -0.2) is 74.4 Å². The molecule has 2 aromatic rings. The molecule has 172 valence electrons. The van der Waals surface area contributed by atoms with Crippen LogP contribution in [-0.2, 0) is 26.2 Å². The number of aliphatic hydroxyl groups is 1. The highest BCUT2D eigenvalue weighted by Crippen LogP contribution is 2.35. The molecule has 0 aliphatic carbocycles. The van der Waals surface area contributed by atoms with Gasteiger partial charge in [-0.3, -0.25) is 9.59 Å². The number of rotatable bonds is 7. The number of aliphatic carboxylic acids is 1. The largest absolute Gasteiger partial charge is 0.507 e. The van der Waals surface area contributed by atoms with E-state index in [1.165, 1.54) is 19.9 Å². The second-order valence-corrected chi connectivity index (χ2v) is 8.17. The molecular weight excluding hydrogens is 444 g/mol. The average Bonchev–Trinajstić information content (AvgIpc) is 3.27. The Kier molecular flexibility index (Phi) is 6.33. The molecule has 32 heavy (non-hydrogen) atoms. The van der Waals surface area contributed by atoms with Crippen LogP contribution >= 0.6 is 11.6 Å². The summed E-state index contributed by atoms with van der Waals surface area (Å²) in [6.45, 7) is 2.00. The smallest absolute Gasteiger partial charge is 0.328 e. The first kappa shape index (κ1) is 23.4. The molecule has 5 N–H and O–H groups in total. The number of phenolic OH excluding ortho intramolecular Hbond substituents is 1. The first-order chi connectivity index (χ1) is 15.0. The van der Waals surface area contributed by atoms with E-state index < -0.39 is 42.0 Å². The lowest BCUT2D eigenvalue weighted by Gasteiger charge is -2.22. The van der Waals surface area contributed by atoms with Crippen molar-refractivity contribution in [2.24, 2.45) is 12.0 Å². The maximum absolute atomic E-state index is 12.8. The van der Waals surface area contributed by atoms with Crippen LogP contribution < -0.4 is 10.6 Å². The summed E-state index contributed by atoms with van der Waals surface area (Å²) in [6, 6.07) is 0.505. The molecule has 0 saturated heterocycles. The Hall–Kier alpha value is -3.31. The minimum atomic E-state index is -1.48. The van der Waals surface area contributed by atoms with Crippen LogP contribution in [0.5, 0.6) is 5.75 Å². The summed E-state index contributed by atoms with van der Waals surface area (Å²) >= 11 is 6.02. The summed E-state index contributed by atoms with van der Waals surface area (Å²) in [5.41, 5.74) is -0.236. The van der Waals surface area contributed by atoms with Gasteiger partial charge in [-0.1, -0.05) is 11.6 Å². The summed E-state index contributed by atoms with van der Waals surface area (Å²) < 4.78 is 7.40. The molecule has 1 aliphatic rings. The number of halogens is 1. The van der Waals surface area contributed by atoms with Crippen molar-refractivity contribution in [2.45, 2.75) is 31.5 Å². The van der Waals surface area contributed by atoms with Gasteiger partial charge in [0.25, 0.3) is 5.91 Å². The number of hydrogen-bond acceptors (Lipinski definition) is 7. The Balaban J connectivity index is 1.80. The molecule has 0 fully saturated rings. The van der Waals surface area contributed by atoms with Gasteiger partial charge in [0.15, 0.2) is 5.54 Å². The third kappa shape index (κ3) is 4.34. The van der Waals surface area contributed by atoms with Gasteiger partial charge < -0.3 is 35.3 Å². The molecule has 12 heteroatoms. The van der Waals surface area contributed by atoms with Gasteiger partial charge in [-0.05, 0) is 26.0 Å². The number of phenols is 1. The Labute approximate surface area is 187 Å². The Bertz CT molecular complexity index is 1130. The molecule has 0 saturated carbocycles. The number of aliphatic imine (C=N–C) groups is 1. The van der Waals surface area contributed by atoms with Crippen molar-refractivity contribution in [1.29, 1.82) is 0 Å². The van der Waals surface area contributed by atoms with Gasteiger partial charge in [0.05, 0.1) is 23.1 Å². The van der Waals surface area contributed by atoms with Crippen LogP contribution in [0.2, 0.25) is 5.02 Å². The predicted octanol–water partition coefficient (Wildman–Crippen LogP) is 0.139. The minimum absolute atomic E-state index is 0.0605. The predicted molar refractivity (Wildman–Crippen MR) is 115 cm³/mol. The van der Waals surface area contributed by atoms with Gasteiger partial charge in [0.1, 0.15) is 24.4 Å². The van der Waals surface area contributed by atoms with E-state index in [4.69, 9.17) is 26.6 Å². The molecule has 1 aliphatic heterocycles. The number of carbonyl (C=O) groups is 3. The molecular formula is C20H23ClN4O7. The van der Waals surface area contributed by atoms with Crippen molar-refractivity contribution in [3.63, 3.8) is 0 Å². The number of nitrogens with one attached hydrogen (secondary N) is 2. The highest BCUT2D eigenvalue weighted by atomic mass is 35.5.